The van der Waals surface area contributed by atoms with Crippen molar-refractivity contribution in [2.75, 3.05) is 18.5 Å². The van der Waals surface area contributed by atoms with Gasteiger partial charge in [0, 0.05) is 19.2 Å². The highest BCUT2D eigenvalue weighted by molar-refractivity contribution is 7.92. The van der Waals surface area contributed by atoms with Gasteiger partial charge in [0.2, 0.25) is 0 Å². The lowest BCUT2D eigenvalue weighted by atomic mass is 10.2. The highest BCUT2D eigenvalue weighted by Crippen LogP contribution is 2.32. The molecule has 2 aromatic rings. The molecule has 0 saturated heterocycles. The predicted molar refractivity (Wildman–Crippen MR) is 91.4 cm³/mol. The smallest absolute Gasteiger partial charge is 0.270 e. The Balaban J connectivity index is 2.52. The fraction of sp³-hybridized carbons (Fsp3) is 0.200. The molecule has 0 fully saturated rings. The third-order valence-corrected chi connectivity index (χ3v) is 5.74. The lowest BCUT2D eigenvalue weighted by Gasteiger charge is -2.21. The first kappa shape index (κ1) is 18.0. The van der Waals surface area contributed by atoms with Gasteiger partial charge in [-0.3, -0.25) is 14.4 Å². The normalized spacial score (nSPS) is 11.2. The fourth-order valence-electron chi connectivity index (χ4n) is 2.12. The number of non-ortho nitro benzene ring substituents is 1. The molecule has 0 atom stereocenters. The lowest BCUT2D eigenvalue weighted by Crippen LogP contribution is -2.27. The summed E-state index contributed by atoms with van der Waals surface area (Å²) in [6, 6.07) is 8.24. The van der Waals surface area contributed by atoms with Crippen molar-refractivity contribution in [3.63, 3.8) is 0 Å². The molecule has 0 amide bonds. The van der Waals surface area contributed by atoms with E-state index in [4.69, 9.17) is 16.3 Å². The molecule has 0 aliphatic rings. The molecule has 2 aromatic carbocycles. The molecule has 0 saturated carbocycles. The summed E-state index contributed by atoms with van der Waals surface area (Å²) in [5.74, 6) is 0.415. The molecule has 0 spiro atoms. The van der Waals surface area contributed by atoms with E-state index in [-0.39, 0.29) is 15.6 Å². The maximum absolute atomic E-state index is 12.8. The average Bonchev–Trinajstić information content (AvgIpc) is 2.53. The number of nitro benzene ring substituents is 1. The number of benzene rings is 2. The third kappa shape index (κ3) is 3.29. The van der Waals surface area contributed by atoms with Crippen LogP contribution in [0.5, 0.6) is 5.75 Å². The summed E-state index contributed by atoms with van der Waals surface area (Å²) in [7, 11) is -1.18. The Hall–Kier alpha value is -2.32. The minimum Gasteiger partial charge on any atom is -0.495 e. The molecule has 0 bridgehead atoms. The van der Waals surface area contributed by atoms with Crippen molar-refractivity contribution in [1.82, 2.24) is 0 Å². The number of nitro groups is 1. The highest BCUT2D eigenvalue weighted by Gasteiger charge is 2.26. The number of nitrogens with zero attached hydrogens (tertiary/aromatic N) is 2. The van der Waals surface area contributed by atoms with Crippen molar-refractivity contribution in [1.29, 1.82) is 0 Å². The van der Waals surface area contributed by atoms with Crippen LogP contribution in [0.15, 0.2) is 41.3 Å². The number of anilines is 1. The topological polar surface area (TPSA) is 89.8 Å². The van der Waals surface area contributed by atoms with E-state index >= 15 is 0 Å². The maximum Gasteiger partial charge on any atom is 0.270 e. The van der Waals surface area contributed by atoms with E-state index in [1.54, 1.807) is 13.0 Å². The Morgan fingerprint density at radius 3 is 2.42 bits per heavy atom. The van der Waals surface area contributed by atoms with Gasteiger partial charge in [0.1, 0.15) is 5.75 Å². The lowest BCUT2D eigenvalue weighted by molar-refractivity contribution is -0.385. The molecule has 7 nitrogen and oxygen atoms in total. The number of rotatable bonds is 5. The molecule has 2 rings (SSSR count). The first-order valence-corrected chi connectivity index (χ1v) is 8.58. The van der Waals surface area contributed by atoms with Crippen molar-refractivity contribution in [2.24, 2.45) is 0 Å². The second-order valence-electron chi connectivity index (χ2n) is 5.00. The van der Waals surface area contributed by atoms with Gasteiger partial charge in [-0.2, -0.15) is 0 Å². The molecule has 0 N–H and O–H groups in total. The zero-order valence-electron chi connectivity index (χ0n) is 13.2. The van der Waals surface area contributed by atoms with E-state index in [1.807, 2.05) is 0 Å². The van der Waals surface area contributed by atoms with Crippen LogP contribution in [0.1, 0.15) is 5.56 Å². The summed E-state index contributed by atoms with van der Waals surface area (Å²) in [5, 5.41) is 11.2. The Morgan fingerprint density at radius 1 is 1.21 bits per heavy atom. The van der Waals surface area contributed by atoms with E-state index in [1.165, 1.54) is 38.4 Å². The van der Waals surface area contributed by atoms with E-state index in [2.05, 4.69) is 0 Å². The van der Waals surface area contributed by atoms with Crippen LogP contribution in [0, 0.1) is 17.0 Å². The second kappa shape index (κ2) is 6.66. The van der Waals surface area contributed by atoms with Crippen LogP contribution in [-0.4, -0.2) is 27.5 Å². The molecule has 128 valence electrons. The van der Waals surface area contributed by atoms with Gasteiger partial charge in [0.25, 0.3) is 15.7 Å². The van der Waals surface area contributed by atoms with Gasteiger partial charge in [-0.05, 0) is 30.7 Å². The van der Waals surface area contributed by atoms with Gasteiger partial charge in [0.15, 0.2) is 0 Å². The van der Waals surface area contributed by atoms with Gasteiger partial charge in [0.05, 0.1) is 27.6 Å². The van der Waals surface area contributed by atoms with Crippen LogP contribution in [0.4, 0.5) is 11.4 Å². The molecule has 0 heterocycles. The number of hydrogen-bond donors (Lipinski definition) is 0. The number of halogens is 1. The quantitative estimate of drug-likeness (QED) is 0.594. The molecule has 0 aromatic heterocycles. The molecule has 9 heteroatoms. The summed E-state index contributed by atoms with van der Waals surface area (Å²) in [5.41, 5.74) is 0.430. The monoisotopic (exact) mass is 370 g/mol. The fourth-order valence-corrected chi connectivity index (χ4v) is 3.80. The van der Waals surface area contributed by atoms with E-state index in [0.717, 1.165) is 10.4 Å². The number of sulfonamides is 1. The SMILES string of the molecule is COc1ccc(N(C)S(=O)(=O)c2cc([N+](=O)[O-])ccc2C)cc1Cl. The Bertz CT molecular complexity index is 899. The Kier molecular flexibility index (Phi) is 5.00. The summed E-state index contributed by atoms with van der Waals surface area (Å²) in [6.45, 7) is 1.57. The van der Waals surface area contributed by atoms with Crippen molar-refractivity contribution >= 4 is 33.0 Å². The number of hydrogen-bond acceptors (Lipinski definition) is 5. The first-order valence-electron chi connectivity index (χ1n) is 6.76. The third-order valence-electron chi connectivity index (χ3n) is 3.52. The summed E-state index contributed by atoms with van der Waals surface area (Å²) in [4.78, 5) is 10.1. The molecular weight excluding hydrogens is 356 g/mol. The van der Waals surface area contributed by atoms with Crippen LogP contribution >= 0.6 is 11.6 Å². The largest absolute Gasteiger partial charge is 0.495 e. The molecule has 24 heavy (non-hydrogen) atoms. The molecule has 0 unspecified atom stereocenters. The zero-order valence-corrected chi connectivity index (χ0v) is 14.8. The van der Waals surface area contributed by atoms with Crippen molar-refractivity contribution in [3.8, 4) is 5.75 Å². The Morgan fingerprint density at radius 2 is 1.88 bits per heavy atom. The first-order chi connectivity index (χ1) is 11.2. The minimum atomic E-state index is -3.99. The van der Waals surface area contributed by atoms with Crippen LogP contribution in [0.3, 0.4) is 0 Å². The average molecular weight is 371 g/mol. The van der Waals surface area contributed by atoms with Crippen LogP contribution in [0.25, 0.3) is 0 Å². The predicted octanol–water partition coefficient (Wildman–Crippen LogP) is 3.39. The van der Waals surface area contributed by atoms with Crippen molar-refractivity contribution < 1.29 is 18.1 Å². The molecular formula is C15H15ClN2O5S. The van der Waals surface area contributed by atoms with Crippen molar-refractivity contribution in [2.45, 2.75) is 11.8 Å². The number of ether oxygens (including phenoxy) is 1. The van der Waals surface area contributed by atoms with Gasteiger partial charge < -0.3 is 4.74 Å². The summed E-state index contributed by atoms with van der Waals surface area (Å²) in [6.07, 6.45) is 0. The Labute approximate surface area is 144 Å². The van der Waals surface area contributed by atoms with Crippen LogP contribution in [-0.2, 0) is 10.0 Å². The maximum atomic E-state index is 12.8. The van der Waals surface area contributed by atoms with E-state index in [9.17, 15) is 18.5 Å². The zero-order chi connectivity index (χ0) is 18.1. The minimum absolute atomic E-state index is 0.133. The van der Waals surface area contributed by atoms with Gasteiger partial charge in [-0.25, -0.2) is 8.42 Å². The molecule has 0 radical (unpaired) electrons. The van der Waals surface area contributed by atoms with Gasteiger partial charge in [-0.1, -0.05) is 17.7 Å². The number of aryl methyl sites for hydroxylation is 1. The summed E-state index contributed by atoms with van der Waals surface area (Å²) >= 11 is 6.03. The summed E-state index contributed by atoms with van der Waals surface area (Å²) < 4.78 is 31.7. The van der Waals surface area contributed by atoms with Crippen molar-refractivity contribution in [3.05, 3.63) is 57.1 Å². The van der Waals surface area contributed by atoms with E-state index in [0.29, 0.717) is 17.0 Å². The highest BCUT2D eigenvalue weighted by atomic mass is 35.5. The molecule has 0 aliphatic carbocycles. The second-order valence-corrected chi connectivity index (χ2v) is 7.34. The van der Waals surface area contributed by atoms with E-state index < -0.39 is 14.9 Å². The van der Waals surface area contributed by atoms with Crippen LogP contribution < -0.4 is 9.04 Å². The van der Waals surface area contributed by atoms with Crippen LogP contribution in [0.2, 0.25) is 5.02 Å². The van der Waals surface area contributed by atoms with Gasteiger partial charge in [-0.15, -0.1) is 0 Å². The van der Waals surface area contributed by atoms with Gasteiger partial charge >= 0.3 is 0 Å². The standard InChI is InChI=1S/C15H15ClN2O5S/c1-10-4-5-12(18(19)20)9-15(10)24(21,22)17(2)11-6-7-14(23-3)13(16)8-11/h4-9H,1-3H3. The molecule has 0 aliphatic heterocycles. The number of methoxy groups -OCH3 is 1.